The Labute approximate surface area is 104 Å². The fourth-order valence-electron chi connectivity index (χ4n) is 1.52. The van der Waals surface area contributed by atoms with Crippen molar-refractivity contribution >= 4 is 11.4 Å². The first-order chi connectivity index (χ1) is 8.69. The lowest BCUT2D eigenvalue weighted by Crippen LogP contribution is -2.06. The molecule has 0 aliphatic heterocycles. The van der Waals surface area contributed by atoms with E-state index in [1.807, 2.05) is 12.1 Å². The lowest BCUT2D eigenvalue weighted by atomic mass is 10.2. The molecule has 92 valence electrons. The molecule has 0 unspecified atom stereocenters. The summed E-state index contributed by atoms with van der Waals surface area (Å²) in [4.78, 5) is 4.10. The molecule has 0 atom stereocenters. The van der Waals surface area contributed by atoms with Gasteiger partial charge in [-0.1, -0.05) is 5.16 Å². The van der Waals surface area contributed by atoms with Gasteiger partial charge >= 0.3 is 0 Å². The number of anilines is 2. The van der Waals surface area contributed by atoms with E-state index in [9.17, 15) is 0 Å². The number of hydrogen-bond donors (Lipinski definition) is 2. The number of hydrogen-bond acceptors (Lipinski definition) is 6. The standard InChI is InChI=1S/C12H13N5O/c1-8-16-12(17-18-8)4-5-15-10-2-3-11(14)9(6-10)7-13/h2-3,6,15H,4-5,14H2,1H3. The molecule has 6 nitrogen and oxygen atoms in total. The maximum absolute atomic E-state index is 8.86. The van der Waals surface area contributed by atoms with Crippen LogP contribution in [0.15, 0.2) is 22.7 Å². The third kappa shape index (κ3) is 2.77. The van der Waals surface area contributed by atoms with Crippen molar-refractivity contribution in [3.8, 4) is 6.07 Å². The average molecular weight is 243 g/mol. The summed E-state index contributed by atoms with van der Waals surface area (Å²) in [6.45, 7) is 2.41. The zero-order valence-corrected chi connectivity index (χ0v) is 9.97. The molecule has 0 aliphatic carbocycles. The number of benzene rings is 1. The van der Waals surface area contributed by atoms with Gasteiger partial charge in [0.1, 0.15) is 6.07 Å². The van der Waals surface area contributed by atoms with Crippen LogP contribution in [0, 0.1) is 18.3 Å². The Balaban J connectivity index is 1.93. The van der Waals surface area contributed by atoms with Crippen LogP contribution in [-0.4, -0.2) is 16.7 Å². The SMILES string of the molecule is Cc1nc(CCNc2ccc(N)c(C#N)c2)no1. The summed E-state index contributed by atoms with van der Waals surface area (Å²) in [6.07, 6.45) is 0.656. The van der Waals surface area contributed by atoms with Gasteiger partial charge < -0.3 is 15.6 Å². The molecule has 2 rings (SSSR count). The minimum absolute atomic E-state index is 0.468. The first-order valence-corrected chi connectivity index (χ1v) is 5.51. The number of nitrogens with two attached hydrogens (primary N) is 1. The minimum atomic E-state index is 0.468. The van der Waals surface area contributed by atoms with E-state index < -0.39 is 0 Å². The van der Waals surface area contributed by atoms with Crippen LogP contribution in [0.25, 0.3) is 0 Å². The van der Waals surface area contributed by atoms with E-state index >= 15 is 0 Å². The molecular formula is C12H13N5O. The molecule has 0 bridgehead atoms. The largest absolute Gasteiger partial charge is 0.398 e. The van der Waals surface area contributed by atoms with Crippen LogP contribution in [-0.2, 0) is 6.42 Å². The Morgan fingerprint density at radius 2 is 2.33 bits per heavy atom. The van der Waals surface area contributed by atoms with Gasteiger partial charge in [0, 0.05) is 31.3 Å². The van der Waals surface area contributed by atoms with Crippen molar-refractivity contribution in [3.05, 3.63) is 35.5 Å². The fourth-order valence-corrected chi connectivity index (χ4v) is 1.52. The molecule has 0 saturated heterocycles. The quantitative estimate of drug-likeness (QED) is 0.789. The summed E-state index contributed by atoms with van der Waals surface area (Å²) in [5.41, 5.74) is 7.44. The van der Waals surface area contributed by atoms with Crippen LogP contribution in [0.1, 0.15) is 17.3 Å². The lowest BCUT2D eigenvalue weighted by Gasteiger charge is -2.06. The fraction of sp³-hybridized carbons (Fsp3) is 0.250. The van der Waals surface area contributed by atoms with Gasteiger partial charge in [0.15, 0.2) is 5.82 Å². The third-order valence-electron chi connectivity index (χ3n) is 2.42. The maximum Gasteiger partial charge on any atom is 0.223 e. The van der Waals surface area contributed by atoms with E-state index in [0.717, 1.165) is 5.69 Å². The molecule has 0 spiro atoms. The van der Waals surface area contributed by atoms with Crippen LogP contribution in [0.5, 0.6) is 0 Å². The monoisotopic (exact) mass is 243 g/mol. The molecule has 0 amide bonds. The highest BCUT2D eigenvalue weighted by atomic mass is 16.5. The van der Waals surface area contributed by atoms with Gasteiger partial charge in [-0.15, -0.1) is 0 Å². The molecule has 0 fully saturated rings. The Morgan fingerprint density at radius 3 is 3.00 bits per heavy atom. The van der Waals surface area contributed by atoms with E-state index in [0.29, 0.717) is 35.9 Å². The highest BCUT2D eigenvalue weighted by Crippen LogP contribution is 2.16. The summed E-state index contributed by atoms with van der Waals surface area (Å²) in [5, 5.41) is 15.8. The van der Waals surface area contributed by atoms with Gasteiger partial charge in [0.2, 0.25) is 5.89 Å². The first-order valence-electron chi connectivity index (χ1n) is 5.51. The van der Waals surface area contributed by atoms with E-state index in [4.69, 9.17) is 15.5 Å². The summed E-state index contributed by atoms with van der Waals surface area (Å²) in [5.74, 6) is 1.22. The predicted octanol–water partition coefficient (Wildman–Crippen LogP) is 1.49. The van der Waals surface area contributed by atoms with E-state index in [2.05, 4.69) is 15.5 Å². The van der Waals surface area contributed by atoms with Crippen molar-refractivity contribution < 1.29 is 4.52 Å². The summed E-state index contributed by atoms with van der Waals surface area (Å²) in [6, 6.07) is 7.30. The molecule has 3 N–H and O–H groups in total. The molecule has 6 heteroatoms. The van der Waals surface area contributed by atoms with Gasteiger partial charge in [-0.05, 0) is 18.2 Å². The number of rotatable bonds is 4. The van der Waals surface area contributed by atoms with E-state index in [-0.39, 0.29) is 0 Å². The first kappa shape index (κ1) is 11.9. The van der Waals surface area contributed by atoms with Gasteiger partial charge in [0.05, 0.1) is 5.56 Å². The maximum atomic E-state index is 8.86. The molecule has 1 aromatic heterocycles. The Bertz CT molecular complexity index is 584. The number of nitrogens with zero attached hydrogens (tertiary/aromatic N) is 3. The van der Waals surface area contributed by atoms with Crippen LogP contribution >= 0.6 is 0 Å². The van der Waals surface area contributed by atoms with Gasteiger partial charge in [0.25, 0.3) is 0 Å². The number of nitrogens with one attached hydrogen (secondary N) is 1. The van der Waals surface area contributed by atoms with E-state index in [1.165, 1.54) is 0 Å². The van der Waals surface area contributed by atoms with Crippen molar-refractivity contribution in [2.24, 2.45) is 0 Å². The Kier molecular flexibility index (Phi) is 3.44. The summed E-state index contributed by atoms with van der Waals surface area (Å²) >= 11 is 0. The summed E-state index contributed by atoms with van der Waals surface area (Å²) < 4.78 is 4.87. The lowest BCUT2D eigenvalue weighted by molar-refractivity contribution is 0.387. The van der Waals surface area contributed by atoms with Crippen molar-refractivity contribution in [2.75, 3.05) is 17.6 Å². The van der Waals surface area contributed by atoms with Crippen LogP contribution in [0.3, 0.4) is 0 Å². The van der Waals surface area contributed by atoms with Crippen LogP contribution < -0.4 is 11.1 Å². The Hall–Kier alpha value is -2.55. The topological polar surface area (TPSA) is 101 Å². The second-order valence-corrected chi connectivity index (χ2v) is 3.82. The minimum Gasteiger partial charge on any atom is -0.398 e. The third-order valence-corrected chi connectivity index (χ3v) is 2.42. The zero-order valence-electron chi connectivity index (χ0n) is 9.97. The second-order valence-electron chi connectivity index (χ2n) is 3.82. The smallest absolute Gasteiger partial charge is 0.223 e. The Morgan fingerprint density at radius 1 is 1.50 bits per heavy atom. The summed E-state index contributed by atoms with van der Waals surface area (Å²) in [7, 11) is 0. The van der Waals surface area contributed by atoms with Crippen molar-refractivity contribution in [3.63, 3.8) is 0 Å². The number of aryl methyl sites for hydroxylation is 1. The second kappa shape index (κ2) is 5.19. The number of nitriles is 1. The van der Waals surface area contributed by atoms with Gasteiger partial charge in [-0.2, -0.15) is 10.2 Å². The molecule has 0 aliphatic rings. The highest BCUT2D eigenvalue weighted by Gasteiger charge is 2.03. The molecule has 0 saturated carbocycles. The highest BCUT2D eigenvalue weighted by molar-refractivity contribution is 5.61. The predicted molar refractivity (Wildman–Crippen MR) is 66.8 cm³/mol. The van der Waals surface area contributed by atoms with Gasteiger partial charge in [-0.25, -0.2) is 0 Å². The molecule has 2 aromatic rings. The molecular weight excluding hydrogens is 230 g/mol. The van der Waals surface area contributed by atoms with Crippen molar-refractivity contribution in [1.82, 2.24) is 10.1 Å². The van der Waals surface area contributed by atoms with Crippen molar-refractivity contribution in [2.45, 2.75) is 13.3 Å². The molecule has 18 heavy (non-hydrogen) atoms. The molecule has 1 heterocycles. The van der Waals surface area contributed by atoms with Crippen LogP contribution in [0.2, 0.25) is 0 Å². The average Bonchev–Trinajstić information content (AvgIpc) is 2.77. The van der Waals surface area contributed by atoms with Crippen LogP contribution in [0.4, 0.5) is 11.4 Å². The number of nitrogen functional groups attached to an aromatic ring is 1. The normalized spacial score (nSPS) is 10.0. The van der Waals surface area contributed by atoms with E-state index in [1.54, 1.807) is 19.1 Å². The van der Waals surface area contributed by atoms with Gasteiger partial charge in [-0.3, -0.25) is 0 Å². The van der Waals surface area contributed by atoms with Crippen molar-refractivity contribution in [1.29, 1.82) is 5.26 Å². The number of aromatic nitrogens is 2. The molecule has 0 radical (unpaired) electrons. The zero-order chi connectivity index (χ0) is 13.0. The molecule has 1 aromatic carbocycles.